The molecule has 0 radical (unpaired) electrons. The van der Waals surface area contributed by atoms with Gasteiger partial charge >= 0.3 is 17.9 Å². The Morgan fingerprint density at radius 2 is 0.862 bits per heavy atom. The lowest BCUT2D eigenvalue weighted by Gasteiger charge is -2.38. The minimum absolute atomic E-state index is 0.186. The second kappa shape index (κ2) is 44.2. The molecule has 0 amide bonds. The highest BCUT2D eigenvalue weighted by Crippen LogP contribution is 2.23. The summed E-state index contributed by atoms with van der Waals surface area (Å²) in [7, 11) is 0. The van der Waals surface area contributed by atoms with Crippen LogP contribution in [0.1, 0.15) is 251 Å². The van der Waals surface area contributed by atoms with Gasteiger partial charge in [0.2, 0.25) is 0 Å². The number of hydrogen-bond acceptors (Lipinski definition) is 10. The molecule has 0 bridgehead atoms. The molecule has 6 atom stereocenters. The third-order valence-corrected chi connectivity index (χ3v) is 12.6. The van der Waals surface area contributed by atoms with E-state index in [9.17, 15) is 34.8 Å². The molecule has 0 aromatic carbocycles. The highest BCUT2D eigenvalue weighted by atomic mass is 16.7. The second-order valence-corrected chi connectivity index (χ2v) is 18.7. The van der Waals surface area contributed by atoms with Gasteiger partial charge < -0.3 is 39.4 Å². The number of ether oxygens (including phenoxy) is 4. The van der Waals surface area contributed by atoms with Gasteiger partial charge in [-0.1, -0.05) is 218 Å². The Bertz CT molecular complexity index is 1180. The van der Waals surface area contributed by atoms with Crippen LogP contribution in [0.4, 0.5) is 0 Å². The zero-order valence-electron chi connectivity index (χ0n) is 41.5. The van der Waals surface area contributed by atoms with Crippen molar-refractivity contribution in [3.63, 3.8) is 0 Å². The summed E-state index contributed by atoms with van der Waals surface area (Å²) in [6, 6.07) is 0. The van der Waals surface area contributed by atoms with Crippen LogP contribution in [0.3, 0.4) is 0 Å². The van der Waals surface area contributed by atoms with E-state index in [-0.39, 0.29) is 26.1 Å². The van der Waals surface area contributed by atoms with Crippen LogP contribution in [-0.4, -0.2) is 88.4 Å². The number of carboxylic acid groups (broad SMARTS) is 1. The van der Waals surface area contributed by atoms with Crippen LogP contribution < -0.4 is 0 Å². The van der Waals surface area contributed by atoms with Crippen LogP contribution in [0.15, 0.2) is 24.3 Å². The fourth-order valence-electron chi connectivity index (χ4n) is 8.32. The molecule has 1 fully saturated rings. The average Bonchev–Trinajstić information content (AvgIpc) is 3.29. The molecule has 380 valence electrons. The number of aliphatic carboxylic acids is 1. The molecule has 1 rings (SSSR count). The minimum atomic E-state index is -1.86. The number of rotatable bonds is 46. The molecule has 0 aliphatic carbocycles. The molecule has 4 N–H and O–H groups in total. The molecule has 6 unspecified atom stereocenters. The Hall–Kier alpha value is -2.31. The highest BCUT2D eigenvalue weighted by molar-refractivity contribution is 5.73. The minimum Gasteiger partial charge on any atom is -0.479 e. The van der Waals surface area contributed by atoms with Crippen LogP contribution in [0.25, 0.3) is 0 Å². The first kappa shape index (κ1) is 60.7. The summed E-state index contributed by atoms with van der Waals surface area (Å²) in [6.45, 7) is 3.83. The van der Waals surface area contributed by atoms with Gasteiger partial charge in [-0.3, -0.25) is 9.59 Å². The molecule has 1 saturated heterocycles. The molecule has 11 heteroatoms. The van der Waals surface area contributed by atoms with Gasteiger partial charge in [-0.25, -0.2) is 4.79 Å². The van der Waals surface area contributed by atoms with Crippen LogP contribution in [-0.2, 0) is 33.3 Å². The smallest absolute Gasteiger partial charge is 0.335 e. The number of esters is 2. The maximum Gasteiger partial charge on any atom is 0.335 e. The molecule has 1 aliphatic rings. The van der Waals surface area contributed by atoms with Gasteiger partial charge in [-0.05, 0) is 44.9 Å². The van der Waals surface area contributed by atoms with E-state index in [0.29, 0.717) is 12.8 Å². The Balaban J connectivity index is 2.26. The van der Waals surface area contributed by atoms with Crippen molar-refractivity contribution in [2.24, 2.45) is 0 Å². The van der Waals surface area contributed by atoms with Crippen molar-refractivity contribution in [3.8, 4) is 0 Å². The average molecular weight is 923 g/mol. The van der Waals surface area contributed by atoms with Crippen LogP contribution in [0.5, 0.6) is 0 Å². The third kappa shape index (κ3) is 35.5. The van der Waals surface area contributed by atoms with Crippen molar-refractivity contribution < 1.29 is 53.8 Å². The zero-order valence-corrected chi connectivity index (χ0v) is 41.5. The Kier molecular flexibility index (Phi) is 41.3. The molecule has 0 saturated carbocycles. The Labute approximate surface area is 396 Å². The van der Waals surface area contributed by atoms with E-state index in [1.165, 1.54) is 161 Å². The van der Waals surface area contributed by atoms with E-state index in [4.69, 9.17) is 18.9 Å². The molecular weight excluding hydrogens is 825 g/mol. The summed E-state index contributed by atoms with van der Waals surface area (Å²) in [5.41, 5.74) is 0. The normalized spacial score (nSPS) is 19.3. The van der Waals surface area contributed by atoms with Gasteiger partial charge in [-0.2, -0.15) is 0 Å². The molecule has 1 aliphatic heterocycles. The van der Waals surface area contributed by atoms with Crippen molar-refractivity contribution in [3.05, 3.63) is 24.3 Å². The van der Waals surface area contributed by atoms with Gasteiger partial charge in [0, 0.05) is 12.8 Å². The van der Waals surface area contributed by atoms with Crippen LogP contribution >= 0.6 is 0 Å². The molecule has 1 heterocycles. The van der Waals surface area contributed by atoms with E-state index in [1.54, 1.807) is 0 Å². The maximum absolute atomic E-state index is 12.8. The number of unbranched alkanes of at least 4 members (excludes halogenated alkanes) is 31. The Morgan fingerprint density at radius 3 is 1.31 bits per heavy atom. The number of aliphatic hydroxyl groups is 3. The molecule has 11 nitrogen and oxygen atoms in total. The highest BCUT2D eigenvalue weighted by Gasteiger charge is 2.47. The quantitative estimate of drug-likeness (QED) is 0.0260. The van der Waals surface area contributed by atoms with E-state index in [1.807, 2.05) is 0 Å². The number of carbonyl (C=O) groups is 3. The number of carboxylic acids is 1. The number of hydrogen-bond donors (Lipinski definition) is 4. The zero-order chi connectivity index (χ0) is 47.4. The summed E-state index contributed by atoms with van der Waals surface area (Å²) in [4.78, 5) is 37.0. The molecule has 65 heavy (non-hydrogen) atoms. The summed E-state index contributed by atoms with van der Waals surface area (Å²) >= 11 is 0. The summed E-state index contributed by atoms with van der Waals surface area (Å²) in [5.74, 6) is -2.44. The predicted molar refractivity (Wildman–Crippen MR) is 262 cm³/mol. The Morgan fingerprint density at radius 1 is 0.477 bits per heavy atom. The summed E-state index contributed by atoms with van der Waals surface area (Å²) in [6.07, 6.45) is 42.3. The molecule has 0 aromatic heterocycles. The first-order chi connectivity index (χ1) is 31.7. The summed E-state index contributed by atoms with van der Waals surface area (Å²) < 4.78 is 21.8. The van der Waals surface area contributed by atoms with Crippen molar-refractivity contribution in [2.75, 3.05) is 13.2 Å². The fraction of sp³-hybridized carbons (Fsp3) is 0.870. The predicted octanol–water partition coefficient (Wildman–Crippen LogP) is 12.9. The molecule has 0 aromatic rings. The van der Waals surface area contributed by atoms with Gasteiger partial charge in [0.05, 0.1) is 6.61 Å². The number of aliphatic hydroxyl groups excluding tert-OH is 3. The number of carbonyl (C=O) groups excluding carboxylic acids is 2. The van der Waals surface area contributed by atoms with Gasteiger partial charge in [0.15, 0.2) is 18.5 Å². The maximum atomic E-state index is 12.8. The van der Waals surface area contributed by atoms with Gasteiger partial charge in [0.1, 0.15) is 24.9 Å². The standard InChI is InChI=1S/C54H98O11/c1-3-5-7-9-11-13-15-17-19-21-22-23-24-25-27-29-31-33-35-37-39-41-43-48(56)64-46(45-63-54-51(59)49(57)50(58)52(65-54)53(60)61)44-62-47(55)42-40-38-36-34-32-30-28-26-20-18-16-14-12-10-8-6-4-2/h12,14,18,20,46,49-52,54,57-59H,3-11,13,15-17,19,21-45H2,1-2H3,(H,60,61)/b14-12-,20-18-. The van der Waals surface area contributed by atoms with E-state index >= 15 is 0 Å². The van der Waals surface area contributed by atoms with E-state index in [2.05, 4.69) is 38.2 Å². The summed E-state index contributed by atoms with van der Waals surface area (Å²) in [5, 5.41) is 40.0. The fourth-order valence-corrected chi connectivity index (χ4v) is 8.32. The van der Waals surface area contributed by atoms with E-state index < -0.39 is 54.7 Å². The lowest BCUT2D eigenvalue weighted by Crippen LogP contribution is -2.60. The van der Waals surface area contributed by atoms with Crippen molar-refractivity contribution >= 4 is 17.9 Å². The van der Waals surface area contributed by atoms with Gasteiger partial charge in [-0.15, -0.1) is 0 Å². The first-order valence-corrected chi connectivity index (χ1v) is 26.9. The topological polar surface area (TPSA) is 169 Å². The largest absolute Gasteiger partial charge is 0.479 e. The van der Waals surface area contributed by atoms with Crippen LogP contribution in [0.2, 0.25) is 0 Å². The number of allylic oxidation sites excluding steroid dienone is 4. The van der Waals surface area contributed by atoms with Crippen molar-refractivity contribution in [2.45, 2.75) is 288 Å². The van der Waals surface area contributed by atoms with Crippen LogP contribution in [0, 0.1) is 0 Å². The lowest BCUT2D eigenvalue weighted by molar-refractivity contribution is -0.298. The van der Waals surface area contributed by atoms with Gasteiger partial charge in [0.25, 0.3) is 0 Å². The first-order valence-electron chi connectivity index (χ1n) is 26.9. The monoisotopic (exact) mass is 923 g/mol. The van der Waals surface area contributed by atoms with Crippen molar-refractivity contribution in [1.82, 2.24) is 0 Å². The SMILES string of the molecule is CCCCC/C=C\C/C=C\CCCCCCCCCC(=O)OCC(COC1OC(C(=O)O)C(O)C(O)C1O)OC(=O)CCCCCCCCCCCCCCCCCCCCCCCC. The van der Waals surface area contributed by atoms with Crippen molar-refractivity contribution in [1.29, 1.82) is 0 Å². The molecular formula is C54H98O11. The third-order valence-electron chi connectivity index (χ3n) is 12.6. The molecule has 0 spiro atoms. The second-order valence-electron chi connectivity index (χ2n) is 18.7. The lowest BCUT2D eigenvalue weighted by atomic mass is 9.99. The van der Waals surface area contributed by atoms with E-state index in [0.717, 1.165) is 51.4 Å².